The van der Waals surface area contributed by atoms with Crippen LogP contribution in [0.4, 0.5) is 5.69 Å². The van der Waals surface area contributed by atoms with Gasteiger partial charge in [0.2, 0.25) is 0 Å². The zero-order valence-corrected chi connectivity index (χ0v) is 19.6. The number of nitrogens with one attached hydrogen (secondary N) is 3. The summed E-state index contributed by atoms with van der Waals surface area (Å²) in [5, 5.41) is 9.67. The van der Waals surface area contributed by atoms with E-state index in [1.165, 1.54) is 0 Å². The van der Waals surface area contributed by atoms with Gasteiger partial charge in [-0.2, -0.15) is 0 Å². The van der Waals surface area contributed by atoms with Crippen LogP contribution >= 0.6 is 24.0 Å². The Bertz CT molecular complexity index is 614. The maximum absolute atomic E-state index is 12.2. The molecule has 7 heteroatoms. The highest BCUT2D eigenvalue weighted by Gasteiger charge is 2.23. The summed E-state index contributed by atoms with van der Waals surface area (Å²) in [4.78, 5) is 16.9. The van der Waals surface area contributed by atoms with Crippen LogP contribution in [0.25, 0.3) is 0 Å². The third kappa shape index (κ3) is 8.34. The molecule has 0 radical (unpaired) electrons. The van der Waals surface area contributed by atoms with Crippen molar-refractivity contribution in [2.45, 2.75) is 59.1 Å². The predicted molar refractivity (Wildman–Crippen MR) is 126 cm³/mol. The van der Waals surface area contributed by atoms with Gasteiger partial charge < -0.3 is 20.7 Å². The van der Waals surface area contributed by atoms with Crippen LogP contribution < -0.4 is 16.0 Å². The Labute approximate surface area is 186 Å². The summed E-state index contributed by atoms with van der Waals surface area (Å²) in [6.45, 7) is 9.48. The van der Waals surface area contributed by atoms with Crippen LogP contribution in [-0.4, -0.2) is 37.7 Å². The zero-order valence-electron chi connectivity index (χ0n) is 17.3. The van der Waals surface area contributed by atoms with Crippen LogP contribution in [0.5, 0.6) is 0 Å². The van der Waals surface area contributed by atoms with Gasteiger partial charge in [0.15, 0.2) is 5.96 Å². The van der Waals surface area contributed by atoms with Gasteiger partial charge in [-0.25, -0.2) is 4.99 Å². The first-order valence-electron chi connectivity index (χ1n) is 10.2. The van der Waals surface area contributed by atoms with Gasteiger partial charge in [0.1, 0.15) is 6.10 Å². The van der Waals surface area contributed by atoms with E-state index in [-0.39, 0.29) is 36.0 Å². The molecule has 3 N–H and O–H groups in total. The highest BCUT2D eigenvalue weighted by molar-refractivity contribution is 14.0. The topological polar surface area (TPSA) is 74.8 Å². The molecule has 1 aliphatic rings. The van der Waals surface area contributed by atoms with Crippen molar-refractivity contribution in [3.8, 4) is 0 Å². The minimum absolute atomic E-state index is 0. The molecule has 0 aliphatic carbocycles. The highest BCUT2D eigenvalue weighted by atomic mass is 127. The van der Waals surface area contributed by atoms with Crippen molar-refractivity contribution >= 4 is 41.5 Å². The van der Waals surface area contributed by atoms with Crippen LogP contribution in [0.2, 0.25) is 0 Å². The first-order chi connectivity index (χ1) is 13.2. The van der Waals surface area contributed by atoms with E-state index in [1.807, 2.05) is 24.3 Å². The minimum Gasteiger partial charge on any atom is -0.368 e. The molecule has 28 heavy (non-hydrogen) atoms. The van der Waals surface area contributed by atoms with Crippen LogP contribution in [0.1, 0.15) is 52.0 Å². The summed E-state index contributed by atoms with van der Waals surface area (Å²) in [5.74, 6) is 1.43. The molecular weight excluding hydrogens is 467 g/mol. The molecule has 1 aromatic rings. The molecule has 1 aromatic carbocycles. The molecule has 158 valence electrons. The Morgan fingerprint density at radius 2 is 2.04 bits per heavy atom. The molecule has 1 saturated heterocycles. The van der Waals surface area contributed by atoms with Crippen molar-refractivity contribution < 1.29 is 9.53 Å². The van der Waals surface area contributed by atoms with Crippen molar-refractivity contribution in [1.29, 1.82) is 0 Å². The molecule has 1 heterocycles. The number of anilines is 1. The summed E-state index contributed by atoms with van der Waals surface area (Å²) in [6.07, 6.45) is 3.75. The lowest BCUT2D eigenvalue weighted by Crippen LogP contribution is -2.39. The van der Waals surface area contributed by atoms with Gasteiger partial charge in [0.25, 0.3) is 5.91 Å². The summed E-state index contributed by atoms with van der Waals surface area (Å²) in [5.41, 5.74) is 1.85. The summed E-state index contributed by atoms with van der Waals surface area (Å²) in [6, 6.07) is 7.84. The number of carbonyl (C=O) groups is 1. The van der Waals surface area contributed by atoms with Crippen LogP contribution in [0.3, 0.4) is 0 Å². The van der Waals surface area contributed by atoms with Crippen LogP contribution in [0, 0.1) is 5.92 Å². The molecule has 1 aliphatic heterocycles. The maximum atomic E-state index is 12.2. The summed E-state index contributed by atoms with van der Waals surface area (Å²) in [7, 11) is 0. The Hall–Kier alpha value is -1.35. The fourth-order valence-electron chi connectivity index (χ4n) is 3.09. The smallest absolute Gasteiger partial charge is 0.253 e. The van der Waals surface area contributed by atoms with Gasteiger partial charge >= 0.3 is 0 Å². The maximum Gasteiger partial charge on any atom is 0.253 e. The molecule has 0 saturated carbocycles. The molecule has 0 aromatic heterocycles. The van der Waals surface area contributed by atoms with E-state index in [1.54, 1.807) is 0 Å². The number of ether oxygens (including phenoxy) is 1. The van der Waals surface area contributed by atoms with Crippen LogP contribution in [-0.2, 0) is 16.1 Å². The van der Waals surface area contributed by atoms with Gasteiger partial charge in [-0.1, -0.05) is 38.8 Å². The number of rotatable bonds is 9. The van der Waals surface area contributed by atoms with Crippen LogP contribution in [0.15, 0.2) is 29.3 Å². The van der Waals surface area contributed by atoms with E-state index < -0.39 is 0 Å². The number of carbonyl (C=O) groups excluding carboxylic acids is 1. The third-order valence-electron chi connectivity index (χ3n) is 4.89. The first-order valence-corrected chi connectivity index (χ1v) is 10.2. The van der Waals surface area contributed by atoms with E-state index >= 15 is 0 Å². The average molecular weight is 502 g/mol. The number of amides is 1. The van der Waals surface area contributed by atoms with Gasteiger partial charge in [-0.3, -0.25) is 4.79 Å². The average Bonchev–Trinajstić information content (AvgIpc) is 3.22. The van der Waals surface area contributed by atoms with Crippen molar-refractivity contribution in [2.24, 2.45) is 10.9 Å². The SMILES string of the molecule is CCNC(=NCc1cccc(NC(=O)C2CCCO2)c1)NCC(CC)CC.I. The van der Waals surface area contributed by atoms with E-state index in [0.29, 0.717) is 19.1 Å². The number of nitrogens with zero attached hydrogens (tertiary/aromatic N) is 1. The molecular formula is C21H35IN4O2. The number of hydrogen-bond donors (Lipinski definition) is 3. The quantitative estimate of drug-likeness (QED) is 0.272. The molecule has 0 spiro atoms. The molecule has 1 unspecified atom stereocenters. The van der Waals surface area contributed by atoms with E-state index in [0.717, 1.165) is 56.0 Å². The monoisotopic (exact) mass is 502 g/mol. The number of benzene rings is 1. The number of guanidine groups is 1. The van der Waals surface area contributed by atoms with E-state index in [9.17, 15) is 4.79 Å². The largest absolute Gasteiger partial charge is 0.368 e. The minimum atomic E-state index is -0.318. The molecule has 2 rings (SSSR count). The standard InChI is InChI=1S/C21H34N4O2.HI/c1-4-16(5-2)14-23-21(22-6-3)24-15-17-9-7-10-18(13-17)25-20(26)19-11-8-12-27-19;/h7,9-10,13,16,19H,4-6,8,11-12,14-15H2,1-3H3,(H,25,26)(H2,22,23,24);1H. The third-order valence-corrected chi connectivity index (χ3v) is 4.89. The highest BCUT2D eigenvalue weighted by Crippen LogP contribution is 2.16. The summed E-state index contributed by atoms with van der Waals surface area (Å²) >= 11 is 0. The van der Waals surface area contributed by atoms with Crippen molar-refractivity contribution in [3.05, 3.63) is 29.8 Å². The van der Waals surface area contributed by atoms with Gasteiger partial charge in [-0.15, -0.1) is 24.0 Å². The number of aliphatic imine (C=N–C) groups is 1. The van der Waals surface area contributed by atoms with Crippen molar-refractivity contribution in [2.75, 3.05) is 25.0 Å². The molecule has 6 nitrogen and oxygen atoms in total. The van der Waals surface area contributed by atoms with E-state index in [4.69, 9.17) is 4.74 Å². The second-order valence-corrected chi connectivity index (χ2v) is 6.95. The zero-order chi connectivity index (χ0) is 19.5. The molecule has 0 bridgehead atoms. The number of halogens is 1. The predicted octanol–water partition coefficient (Wildman–Crippen LogP) is 3.91. The summed E-state index contributed by atoms with van der Waals surface area (Å²) < 4.78 is 5.44. The lowest BCUT2D eigenvalue weighted by molar-refractivity contribution is -0.124. The lowest BCUT2D eigenvalue weighted by atomic mass is 10.0. The fraction of sp³-hybridized carbons (Fsp3) is 0.619. The Kier molecular flexibility index (Phi) is 12.1. The molecule has 1 atom stereocenters. The lowest BCUT2D eigenvalue weighted by Gasteiger charge is -2.16. The van der Waals surface area contributed by atoms with Crippen molar-refractivity contribution in [1.82, 2.24) is 10.6 Å². The van der Waals surface area contributed by atoms with Crippen molar-refractivity contribution in [3.63, 3.8) is 0 Å². The second-order valence-electron chi connectivity index (χ2n) is 6.95. The first kappa shape index (κ1) is 24.7. The number of hydrogen-bond acceptors (Lipinski definition) is 3. The molecule has 1 fully saturated rings. The second kappa shape index (κ2) is 13.8. The van der Waals surface area contributed by atoms with Gasteiger partial charge in [0, 0.05) is 25.4 Å². The fourth-order valence-corrected chi connectivity index (χ4v) is 3.09. The van der Waals surface area contributed by atoms with Gasteiger partial charge in [-0.05, 0) is 43.4 Å². The van der Waals surface area contributed by atoms with Gasteiger partial charge in [0.05, 0.1) is 6.54 Å². The normalized spacial score (nSPS) is 16.6. The van der Waals surface area contributed by atoms with E-state index in [2.05, 4.69) is 41.7 Å². The molecule has 1 amide bonds. The Morgan fingerprint density at radius 3 is 2.68 bits per heavy atom. The Balaban J connectivity index is 0.00000392. The Morgan fingerprint density at radius 1 is 1.25 bits per heavy atom.